The number of amides is 1. The summed E-state index contributed by atoms with van der Waals surface area (Å²) in [7, 11) is 0. The monoisotopic (exact) mass is 247 g/mol. The van der Waals surface area contributed by atoms with Gasteiger partial charge in [0.1, 0.15) is 11.9 Å². The van der Waals surface area contributed by atoms with Crippen molar-refractivity contribution in [2.75, 3.05) is 0 Å². The van der Waals surface area contributed by atoms with Crippen molar-refractivity contribution in [1.82, 2.24) is 0 Å². The van der Waals surface area contributed by atoms with Crippen LogP contribution < -0.4 is 5.73 Å². The highest BCUT2D eigenvalue weighted by Gasteiger charge is 2.23. The van der Waals surface area contributed by atoms with Gasteiger partial charge in [-0.15, -0.1) is 11.6 Å². The number of halogens is 2. The fraction of sp³-hybridized carbons (Fsp3) is 0.300. The molecule has 0 aliphatic heterocycles. The largest absolute Gasteiger partial charge is 0.385 e. The minimum Gasteiger partial charge on any atom is -0.385 e. The number of hydrogen-bond donors (Lipinski definition) is 3. The zero-order chi connectivity index (χ0) is 12.3. The van der Waals surface area contributed by atoms with Gasteiger partial charge in [-0.1, -0.05) is 12.1 Å². The SMILES string of the molecule is NC(=O)C(O)C(O)c1ccc(CCl)c(F)c1. The molecule has 0 heterocycles. The predicted octanol–water partition coefficient (Wildman–Crippen LogP) is 0.444. The summed E-state index contributed by atoms with van der Waals surface area (Å²) in [6.07, 6.45) is -3.31. The van der Waals surface area contributed by atoms with Gasteiger partial charge in [0.25, 0.3) is 0 Å². The average Bonchev–Trinajstić information content (AvgIpc) is 2.26. The molecule has 1 rings (SSSR count). The summed E-state index contributed by atoms with van der Waals surface area (Å²) in [5.41, 5.74) is 5.14. The first kappa shape index (κ1) is 12.9. The predicted molar refractivity (Wildman–Crippen MR) is 56.1 cm³/mol. The van der Waals surface area contributed by atoms with E-state index in [4.69, 9.17) is 17.3 Å². The Kier molecular flexibility index (Phi) is 4.23. The van der Waals surface area contributed by atoms with E-state index in [-0.39, 0.29) is 17.0 Å². The second-order valence-corrected chi connectivity index (χ2v) is 3.54. The number of carbonyl (C=O) groups is 1. The van der Waals surface area contributed by atoms with Crippen molar-refractivity contribution in [3.8, 4) is 0 Å². The molecule has 0 aliphatic carbocycles. The molecule has 0 spiro atoms. The van der Waals surface area contributed by atoms with Crippen LogP contribution >= 0.6 is 11.6 Å². The van der Waals surface area contributed by atoms with Crippen LogP contribution in [0.15, 0.2) is 18.2 Å². The third-order valence-electron chi connectivity index (χ3n) is 2.15. The topological polar surface area (TPSA) is 83.6 Å². The minimum absolute atomic E-state index is 0.000577. The minimum atomic E-state index is -1.76. The first-order chi connectivity index (χ1) is 7.47. The van der Waals surface area contributed by atoms with Crippen LogP contribution in [0.5, 0.6) is 0 Å². The molecule has 0 bridgehead atoms. The number of aliphatic hydroxyl groups excluding tert-OH is 2. The number of primary amides is 1. The van der Waals surface area contributed by atoms with Gasteiger partial charge in [-0.2, -0.15) is 0 Å². The molecule has 1 aromatic rings. The fourth-order valence-corrected chi connectivity index (χ4v) is 1.41. The van der Waals surface area contributed by atoms with E-state index < -0.39 is 23.9 Å². The van der Waals surface area contributed by atoms with E-state index in [1.807, 2.05) is 0 Å². The highest BCUT2D eigenvalue weighted by molar-refractivity contribution is 6.17. The van der Waals surface area contributed by atoms with Crippen LogP contribution in [0.1, 0.15) is 17.2 Å². The summed E-state index contributed by atoms with van der Waals surface area (Å²) in [6.45, 7) is 0. The average molecular weight is 248 g/mol. The molecule has 0 fully saturated rings. The van der Waals surface area contributed by atoms with Crippen LogP contribution in [-0.4, -0.2) is 22.2 Å². The molecule has 2 unspecified atom stereocenters. The van der Waals surface area contributed by atoms with E-state index in [0.29, 0.717) is 0 Å². The van der Waals surface area contributed by atoms with Crippen molar-refractivity contribution >= 4 is 17.5 Å². The van der Waals surface area contributed by atoms with E-state index in [9.17, 15) is 19.4 Å². The molecule has 0 radical (unpaired) electrons. The fourth-order valence-electron chi connectivity index (χ4n) is 1.19. The zero-order valence-corrected chi connectivity index (χ0v) is 8.99. The molecule has 4 N–H and O–H groups in total. The van der Waals surface area contributed by atoms with E-state index >= 15 is 0 Å². The van der Waals surface area contributed by atoms with Gasteiger partial charge in [-0.25, -0.2) is 4.39 Å². The van der Waals surface area contributed by atoms with E-state index in [1.165, 1.54) is 12.1 Å². The maximum Gasteiger partial charge on any atom is 0.249 e. The molecular formula is C10H11ClFNO3. The third-order valence-corrected chi connectivity index (χ3v) is 2.44. The van der Waals surface area contributed by atoms with Crippen molar-refractivity contribution in [1.29, 1.82) is 0 Å². The lowest BCUT2D eigenvalue weighted by molar-refractivity contribution is -0.131. The van der Waals surface area contributed by atoms with Crippen molar-refractivity contribution < 1.29 is 19.4 Å². The van der Waals surface area contributed by atoms with Gasteiger partial charge in [0.05, 0.1) is 5.88 Å². The van der Waals surface area contributed by atoms with Gasteiger partial charge in [0.15, 0.2) is 6.10 Å². The van der Waals surface area contributed by atoms with Crippen LogP contribution in [0.4, 0.5) is 4.39 Å². The lowest BCUT2D eigenvalue weighted by Crippen LogP contribution is -2.33. The van der Waals surface area contributed by atoms with Gasteiger partial charge in [0.2, 0.25) is 5.91 Å². The Bertz CT molecular complexity index is 400. The highest BCUT2D eigenvalue weighted by atomic mass is 35.5. The summed E-state index contributed by atoms with van der Waals surface area (Å²) < 4.78 is 13.3. The van der Waals surface area contributed by atoms with Crippen LogP contribution in [0.3, 0.4) is 0 Å². The Hall–Kier alpha value is -1.17. The molecule has 0 saturated heterocycles. The first-order valence-corrected chi connectivity index (χ1v) is 5.00. The number of benzene rings is 1. The van der Waals surface area contributed by atoms with E-state index in [0.717, 1.165) is 6.07 Å². The standard InChI is InChI=1S/C10H11ClFNO3/c11-4-6-2-1-5(3-7(6)12)8(14)9(15)10(13)16/h1-3,8-9,14-15H,4H2,(H2,13,16). The van der Waals surface area contributed by atoms with Crippen molar-refractivity contribution in [3.63, 3.8) is 0 Å². The second kappa shape index (κ2) is 5.25. The molecule has 88 valence electrons. The van der Waals surface area contributed by atoms with E-state index in [2.05, 4.69) is 0 Å². The maximum atomic E-state index is 13.3. The summed E-state index contributed by atoms with van der Waals surface area (Å²) >= 11 is 5.45. The first-order valence-electron chi connectivity index (χ1n) is 4.47. The highest BCUT2D eigenvalue weighted by Crippen LogP contribution is 2.20. The van der Waals surface area contributed by atoms with E-state index in [1.54, 1.807) is 0 Å². The second-order valence-electron chi connectivity index (χ2n) is 3.28. The summed E-state index contributed by atoms with van der Waals surface area (Å²) in [4.78, 5) is 10.6. The van der Waals surface area contributed by atoms with Crippen LogP contribution in [0, 0.1) is 5.82 Å². The quantitative estimate of drug-likeness (QED) is 0.676. The number of nitrogens with two attached hydrogens (primary N) is 1. The van der Waals surface area contributed by atoms with Gasteiger partial charge < -0.3 is 15.9 Å². The lowest BCUT2D eigenvalue weighted by Gasteiger charge is -2.15. The zero-order valence-electron chi connectivity index (χ0n) is 8.23. The van der Waals surface area contributed by atoms with Crippen LogP contribution in [0.2, 0.25) is 0 Å². The van der Waals surface area contributed by atoms with Crippen LogP contribution in [-0.2, 0) is 10.7 Å². The molecule has 16 heavy (non-hydrogen) atoms. The maximum absolute atomic E-state index is 13.3. The Balaban J connectivity index is 2.97. The third kappa shape index (κ3) is 2.69. The molecule has 6 heteroatoms. The molecule has 2 atom stereocenters. The molecule has 0 aliphatic rings. The Morgan fingerprint density at radius 1 is 1.50 bits per heavy atom. The Labute approximate surface area is 96.4 Å². The van der Waals surface area contributed by atoms with Gasteiger partial charge in [0, 0.05) is 5.56 Å². The number of alkyl halides is 1. The molecule has 0 aromatic heterocycles. The van der Waals surface area contributed by atoms with Crippen molar-refractivity contribution in [2.24, 2.45) is 5.73 Å². The summed E-state index contributed by atoms with van der Waals surface area (Å²) in [5.74, 6) is -1.68. The molecule has 4 nitrogen and oxygen atoms in total. The molecule has 1 amide bonds. The van der Waals surface area contributed by atoms with Gasteiger partial charge in [-0.3, -0.25) is 4.79 Å². The van der Waals surface area contributed by atoms with Gasteiger partial charge >= 0.3 is 0 Å². The molecule has 1 aromatic carbocycles. The Morgan fingerprint density at radius 2 is 2.12 bits per heavy atom. The van der Waals surface area contributed by atoms with Crippen molar-refractivity contribution in [2.45, 2.75) is 18.1 Å². The van der Waals surface area contributed by atoms with Crippen molar-refractivity contribution in [3.05, 3.63) is 35.1 Å². The summed E-state index contributed by atoms with van der Waals surface area (Å²) in [5, 5.41) is 18.7. The van der Waals surface area contributed by atoms with Crippen LogP contribution in [0.25, 0.3) is 0 Å². The number of hydrogen-bond acceptors (Lipinski definition) is 3. The smallest absolute Gasteiger partial charge is 0.249 e. The number of aliphatic hydroxyl groups is 2. The Morgan fingerprint density at radius 3 is 2.56 bits per heavy atom. The molecular weight excluding hydrogens is 237 g/mol. The van der Waals surface area contributed by atoms with Gasteiger partial charge in [-0.05, 0) is 11.6 Å². The number of rotatable bonds is 4. The lowest BCUT2D eigenvalue weighted by atomic mass is 10.0. The summed E-state index contributed by atoms with van der Waals surface area (Å²) in [6, 6.07) is 3.75. The normalized spacial score (nSPS) is 14.5. The number of carbonyl (C=O) groups excluding carboxylic acids is 1. The molecule has 0 saturated carbocycles.